The molecule has 1 N–H and O–H groups in total. The number of non-ortho nitro benzene ring substituents is 1. The van der Waals surface area contributed by atoms with E-state index in [1.807, 2.05) is 0 Å². The molecule has 0 saturated carbocycles. The van der Waals surface area contributed by atoms with Crippen molar-refractivity contribution in [2.75, 3.05) is 5.32 Å². The van der Waals surface area contributed by atoms with Gasteiger partial charge in [-0.3, -0.25) is 14.9 Å². The highest BCUT2D eigenvalue weighted by Gasteiger charge is 2.25. The van der Waals surface area contributed by atoms with Gasteiger partial charge >= 0.3 is 5.82 Å². The highest BCUT2D eigenvalue weighted by atomic mass is 35.5. The Labute approximate surface area is 140 Å². The fourth-order valence-corrected chi connectivity index (χ4v) is 2.19. The predicted octanol–water partition coefficient (Wildman–Crippen LogP) is 2.86. The largest absolute Gasteiger partial charge is 0.390 e. The minimum atomic E-state index is -0.881. The lowest BCUT2D eigenvalue weighted by Crippen LogP contribution is -2.25. The van der Waals surface area contributed by atoms with E-state index in [1.165, 1.54) is 29.8 Å². The number of carbonyl (C=O) groups is 1. The molecule has 2 rings (SSSR count). The Hall–Kier alpha value is -3.01. The van der Waals surface area contributed by atoms with Crippen LogP contribution in [-0.2, 0) is 4.79 Å². The zero-order chi connectivity index (χ0) is 18.0. The van der Waals surface area contributed by atoms with Crippen molar-refractivity contribution in [3.8, 4) is 0 Å². The van der Waals surface area contributed by atoms with Crippen LogP contribution in [0.1, 0.15) is 18.7 Å². The van der Waals surface area contributed by atoms with E-state index >= 15 is 0 Å². The quantitative estimate of drug-likeness (QED) is 0.648. The molecule has 0 bridgehead atoms. The molecule has 10 nitrogen and oxygen atoms in total. The van der Waals surface area contributed by atoms with Gasteiger partial charge in [-0.2, -0.15) is 4.68 Å². The number of nitrogens with zero attached hydrogens (tertiary/aromatic N) is 4. The molecule has 126 valence electrons. The first kappa shape index (κ1) is 17.3. The molecule has 0 saturated heterocycles. The summed E-state index contributed by atoms with van der Waals surface area (Å²) >= 11 is 5.92. The van der Waals surface area contributed by atoms with Crippen molar-refractivity contribution >= 4 is 34.7 Å². The molecule has 0 aliphatic carbocycles. The minimum Gasteiger partial charge on any atom is -0.358 e. The number of nitro benzene ring substituents is 1. The van der Waals surface area contributed by atoms with Crippen LogP contribution in [0, 0.1) is 27.2 Å². The van der Waals surface area contributed by atoms with Crippen molar-refractivity contribution in [1.82, 2.24) is 9.78 Å². The number of carbonyl (C=O) groups excluding carboxylic acids is 1. The van der Waals surface area contributed by atoms with Crippen LogP contribution in [0.5, 0.6) is 0 Å². The van der Waals surface area contributed by atoms with Gasteiger partial charge < -0.3 is 15.4 Å². The molecule has 0 spiro atoms. The average Bonchev–Trinajstić information content (AvgIpc) is 2.90. The fraction of sp³-hybridized carbons (Fsp3) is 0.231. The van der Waals surface area contributed by atoms with Crippen LogP contribution in [0.15, 0.2) is 24.3 Å². The van der Waals surface area contributed by atoms with Gasteiger partial charge in [0.2, 0.25) is 0 Å². The second-order valence-electron chi connectivity index (χ2n) is 4.93. The number of nitro groups is 2. The second-order valence-corrected chi connectivity index (χ2v) is 5.34. The van der Waals surface area contributed by atoms with Crippen LogP contribution < -0.4 is 5.32 Å². The number of benzene rings is 1. The highest BCUT2D eigenvalue weighted by molar-refractivity contribution is 6.33. The van der Waals surface area contributed by atoms with Gasteiger partial charge in [0.05, 0.1) is 32.5 Å². The topological polar surface area (TPSA) is 133 Å². The van der Waals surface area contributed by atoms with E-state index in [2.05, 4.69) is 10.4 Å². The van der Waals surface area contributed by atoms with E-state index in [1.54, 1.807) is 6.92 Å². The number of hydrogen-bond donors (Lipinski definition) is 1. The van der Waals surface area contributed by atoms with Gasteiger partial charge in [-0.25, -0.2) is 0 Å². The summed E-state index contributed by atoms with van der Waals surface area (Å²) in [5.41, 5.74) is 0.268. The zero-order valence-corrected chi connectivity index (χ0v) is 13.4. The molecule has 0 radical (unpaired) electrons. The number of anilines is 1. The fourth-order valence-electron chi connectivity index (χ4n) is 2.02. The third-order valence-electron chi connectivity index (χ3n) is 3.26. The van der Waals surface area contributed by atoms with Crippen molar-refractivity contribution < 1.29 is 14.6 Å². The van der Waals surface area contributed by atoms with Crippen LogP contribution in [0.3, 0.4) is 0 Å². The lowest BCUT2D eigenvalue weighted by atomic mass is 10.2. The van der Waals surface area contributed by atoms with E-state index in [-0.39, 0.29) is 22.2 Å². The Morgan fingerprint density at radius 1 is 1.29 bits per heavy atom. The van der Waals surface area contributed by atoms with E-state index in [0.717, 1.165) is 6.07 Å². The Morgan fingerprint density at radius 3 is 2.50 bits per heavy atom. The number of hydrogen-bond acceptors (Lipinski definition) is 6. The smallest absolute Gasteiger partial charge is 0.358 e. The van der Waals surface area contributed by atoms with Crippen LogP contribution >= 0.6 is 11.6 Å². The van der Waals surface area contributed by atoms with Gasteiger partial charge in [0, 0.05) is 12.1 Å². The summed E-state index contributed by atoms with van der Waals surface area (Å²) < 4.78 is 1.19. The highest BCUT2D eigenvalue weighted by Crippen LogP contribution is 2.27. The lowest BCUT2D eigenvalue weighted by Gasteiger charge is -2.12. The molecule has 1 aromatic heterocycles. The summed E-state index contributed by atoms with van der Waals surface area (Å²) in [7, 11) is 0. The van der Waals surface area contributed by atoms with Crippen molar-refractivity contribution in [2.24, 2.45) is 0 Å². The minimum absolute atomic E-state index is 0.0713. The summed E-state index contributed by atoms with van der Waals surface area (Å²) in [4.78, 5) is 32.6. The summed E-state index contributed by atoms with van der Waals surface area (Å²) in [6.07, 6.45) is 0. The van der Waals surface area contributed by atoms with Gasteiger partial charge in [0.1, 0.15) is 6.04 Å². The molecule has 1 amide bonds. The van der Waals surface area contributed by atoms with Gasteiger partial charge in [-0.1, -0.05) is 11.6 Å². The van der Waals surface area contributed by atoms with E-state index < -0.39 is 21.8 Å². The first-order valence-corrected chi connectivity index (χ1v) is 7.04. The van der Waals surface area contributed by atoms with Gasteiger partial charge in [0.25, 0.3) is 11.6 Å². The molecule has 0 fully saturated rings. The standard InChI is InChI=1S/C13H12ClN5O5/c1-7-5-12(19(23)24)16-17(7)8(2)13(20)15-11-6-9(18(21)22)3-4-10(11)14/h3-6,8H,1-2H3,(H,15,20). The molecule has 2 aromatic rings. The van der Waals surface area contributed by atoms with Gasteiger partial charge in [-0.05, 0) is 24.8 Å². The molecule has 1 unspecified atom stereocenters. The molecule has 1 aromatic carbocycles. The number of aryl methyl sites for hydroxylation is 1. The summed E-state index contributed by atoms with van der Waals surface area (Å²) in [5.74, 6) is -0.945. The third kappa shape index (κ3) is 3.49. The first-order chi connectivity index (χ1) is 11.2. The maximum Gasteiger partial charge on any atom is 0.390 e. The maximum absolute atomic E-state index is 12.3. The molecule has 24 heavy (non-hydrogen) atoms. The molecule has 0 aliphatic heterocycles. The Kier molecular flexibility index (Phi) is 4.79. The number of aromatic nitrogens is 2. The summed E-state index contributed by atoms with van der Waals surface area (Å²) in [5, 5.41) is 27.9. The van der Waals surface area contributed by atoms with Crippen molar-refractivity contribution in [2.45, 2.75) is 19.9 Å². The summed E-state index contributed by atoms with van der Waals surface area (Å²) in [6.45, 7) is 3.06. The average molecular weight is 354 g/mol. The Bertz CT molecular complexity index is 834. The lowest BCUT2D eigenvalue weighted by molar-refractivity contribution is -0.389. The Balaban J connectivity index is 2.25. The molecule has 11 heteroatoms. The maximum atomic E-state index is 12.3. The molecule has 1 atom stereocenters. The van der Waals surface area contributed by atoms with Crippen molar-refractivity contribution in [3.63, 3.8) is 0 Å². The Morgan fingerprint density at radius 2 is 1.96 bits per heavy atom. The van der Waals surface area contributed by atoms with Gasteiger partial charge in [-0.15, -0.1) is 0 Å². The molecular formula is C13H12ClN5O5. The summed E-state index contributed by atoms with van der Waals surface area (Å²) in [6, 6.07) is 4.00. The van der Waals surface area contributed by atoms with Crippen LogP contribution in [0.25, 0.3) is 0 Å². The number of amides is 1. The molecular weight excluding hydrogens is 342 g/mol. The van der Waals surface area contributed by atoms with Crippen LogP contribution in [-0.4, -0.2) is 25.5 Å². The normalized spacial score (nSPS) is 11.8. The zero-order valence-electron chi connectivity index (χ0n) is 12.6. The number of nitrogens with one attached hydrogen (secondary N) is 1. The molecule has 1 heterocycles. The van der Waals surface area contributed by atoms with Crippen molar-refractivity contribution in [3.05, 3.63) is 55.2 Å². The molecule has 0 aliphatic rings. The van der Waals surface area contributed by atoms with Crippen LogP contribution in [0.4, 0.5) is 17.2 Å². The monoisotopic (exact) mass is 353 g/mol. The number of halogens is 1. The van der Waals surface area contributed by atoms with Crippen LogP contribution in [0.2, 0.25) is 5.02 Å². The third-order valence-corrected chi connectivity index (χ3v) is 3.59. The van der Waals surface area contributed by atoms with Gasteiger partial charge in [0.15, 0.2) is 0 Å². The van der Waals surface area contributed by atoms with E-state index in [0.29, 0.717) is 5.69 Å². The van der Waals surface area contributed by atoms with Crippen molar-refractivity contribution in [1.29, 1.82) is 0 Å². The SMILES string of the molecule is Cc1cc([N+](=O)[O-])nn1C(C)C(=O)Nc1cc([N+](=O)[O-])ccc1Cl. The second kappa shape index (κ2) is 6.62. The number of rotatable bonds is 5. The van der Waals surface area contributed by atoms with E-state index in [4.69, 9.17) is 11.6 Å². The van der Waals surface area contributed by atoms with E-state index in [9.17, 15) is 25.0 Å². The predicted molar refractivity (Wildman–Crippen MR) is 85.1 cm³/mol. The first-order valence-electron chi connectivity index (χ1n) is 6.66.